The fourth-order valence-electron chi connectivity index (χ4n) is 3.08. The molecule has 1 aromatic heterocycles. The minimum atomic E-state index is 0.0403. The van der Waals surface area contributed by atoms with Crippen molar-refractivity contribution in [2.24, 2.45) is 0 Å². The number of nitrogens with one attached hydrogen (secondary N) is 1. The molecule has 3 rings (SSSR count). The van der Waals surface area contributed by atoms with Gasteiger partial charge in [0, 0.05) is 37.6 Å². The molecule has 2 aromatic rings. The lowest BCUT2D eigenvalue weighted by Gasteiger charge is -2.34. The van der Waals surface area contributed by atoms with Gasteiger partial charge in [-0.15, -0.1) is 11.3 Å². The molecule has 1 aliphatic heterocycles. The maximum atomic E-state index is 12.3. The van der Waals surface area contributed by atoms with E-state index in [1.54, 1.807) is 11.3 Å². The van der Waals surface area contributed by atoms with E-state index in [0.717, 1.165) is 42.6 Å². The van der Waals surface area contributed by atoms with Crippen molar-refractivity contribution in [3.63, 3.8) is 0 Å². The Bertz CT molecular complexity index is 683. The highest BCUT2D eigenvalue weighted by atomic mass is 35.5. The van der Waals surface area contributed by atoms with Gasteiger partial charge < -0.3 is 5.32 Å². The van der Waals surface area contributed by atoms with Crippen LogP contribution in [-0.4, -0.2) is 48.4 Å². The van der Waals surface area contributed by atoms with Crippen LogP contribution in [0.25, 0.3) is 0 Å². The molecule has 1 aromatic carbocycles. The number of amides is 1. The smallest absolute Gasteiger partial charge is 0.234 e. The average Bonchev–Trinajstić information content (AvgIpc) is 3.02. The molecule has 2 heterocycles. The Morgan fingerprint density at radius 3 is 2.44 bits per heavy atom. The predicted molar refractivity (Wildman–Crippen MR) is 104 cm³/mol. The predicted octanol–water partition coefficient (Wildman–Crippen LogP) is 3.40. The summed E-state index contributed by atoms with van der Waals surface area (Å²) in [4.78, 5) is 18.2. The van der Waals surface area contributed by atoms with Gasteiger partial charge in [0.15, 0.2) is 0 Å². The van der Waals surface area contributed by atoms with Gasteiger partial charge in [0.2, 0.25) is 5.91 Å². The number of thiophene rings is 1. The van der Waals surface area contributed by atoms with Gasteiger partial charge in [-0.25, -0.2) is 0 Å². The van der Waals surface area contributed by atoms with Crippen LogP contribution in [-0.2, 0) is 11.3 Å². The Hall–Kier alpha value is -1.40. The van der Waals surface area contributed by atoms with E-state index in [4.69, 9.17) is 11.6 Å². The van der Waals surface area contributed by atoms with E-state index in [-0.39, 0.29) is 11.9 Å². The first-order chi connectivity index (χ1) is 12.1. The number of carbonyl (C=O) groups excluding carboxylic acids is 1. The summed E-state index contributed by atoms with van der Waals surface area (Å²) in [5.74, 6) is 0.0924. The number of nitrogens with zero attached hydrogens (tertiary/aromatic N) is 2. The van der Waals surface area contributed by atoms with Crippen molar-refractivity contribution in [1.29, 1.82) is 0 Å². The zero-order chi connectivity index (χ0) is 17.6. The van der Waals surface area contributed by atoms with Crippen LogP contribution < -0.4 is 5.32 Å². The van der Waals surface area contributed by atoms with Gasteiger partial charge in [0.05, 0.1) is 16.9 Å². The SMILES string of the molecule is C[C@@H](NC(=O)CN1CCN(Cc2ccc(Cl)s2)CC1)c1ccccc1. The molecule has 1 atom stereocenters. The van der Waals surface area contributed by atoms with E-state index in [0.29, 0.717) is 6.54 Å². The number of rotatable bonds is 6. The minimum absolute atomic E-state index is 0.0403. The monoisotopic (exact) mass is 377 g/mol. The van der Waals surface area contributed by atoms with Crippen LogP contribution in [0.3, 0.4) is 0 Å². The van der Waals surface area contributed by atoms with Gasteiger partial charge in [-0.2, -0.15) is 0 Å². The van der Waals surface area contributed by atoms with Crippen LogP contribution in [0.4, 0.5) is 0 Å². The molecule has 1 amide bonds. The molecule has 1 saturated heterocycles. The molecule has 0 unspecified atom stereocenters. The molecule has 25 heavy (non-hydrogen) atoms. The molecular weight excluding hydrogens is 354 g/mol. The number of halogens is 1. The van der Waals surface area contributed by atoms with Gasteiger partial charge in [-0.05, 0) is 24.6 Å². The van der Waals surface area contributed by atoms with Gasteiger partial charge >= 0.3 is 0 Å². The summed E-state index contributed by atoms with van der Waals surface area (Å²) in [5, 5.41) is 3.09. The molecule has 1 aliphatic rings. The van der Waals surface area contributed by atoms with Crippen molar-refractivity contribution in [2.45, 2.75) is 19.5 Å². The third kappa shape index (κ3) is 5.54. The second kappa shape index (κ2) is 8.81. The van der Waals surface area contributed by atoms with E-state index >= 15 is 0 Å². The van der Waals surface area contributed by atoms with E-state index < -0.39 is 0 Å². The lowest BCUT2D eigenvalue weighted by atomic mass is 10.1. The van der Waals surface area contributed by atoms with Crippen LogP contribution in [0.2, 0.25) is 4.34 Å². The standard InChI is InChI=1S/C19H24ClN3OS/c1-15(16-5-3-2-4-6-16)21-19(24)14-23-11-9-22(10-12-23)13-17-7-8-18(20)25-17/h2-8,15H,9-14H2,1H3,(H,21,24)/t15-/m1/s1. The Morgan fingerprint density at radius 2 is 1.80 bits per heavy atom. The first-order valence-electron chi connectivity index (χ1n) is 8.63. The summed E-state index contributed by atoms with van der Waals surface area (Å²) >= 11 is 7.64. The summed E-state index contributed by atoms with van der Waals surface area (Å²) in [6.45, 7) is 7.25. The van der Waals surface area contributed by atoms with Crippen LogP contribution in [0.1, 0.15) is 23.4 Å². The molecule has 4 nitrogen and oxygen atoms in total. The molecule has 0 radical (unpaired) electrons. The molecule has 6 heteroatoms. The lowest BCUT2D eigenvalue weighted by Crippen LogP contribution is -2.49. The topological polar surface area (TPSA) is 35.6 Å². The zero-order valence-electron chi connectivity index (χ0n) is 14.5. The maximum absolute atomic E-state index is 12.3. The molecule has 0 saturated carbocycles. The molecule has 0 spiro atoms. The second-order valence-electron chi connectivity index (χ2n) is 6.46. The van der Waals surface area contributed by atoms with Gasteiger partial charge in [-0.3, -0.25) is 14.6 Å². The van der Waals surface area contributed by atoms with Crippen molar-refractivity contribution in [1.82, 2.24) is 15.1 Å². The molecule has 0 aliphatic carbocycles. The molecule has 0 bridgehead atoms. The highest BCUT2D eigenvalue weighted by Gasteiger charge is 2.20. The fraction of sp³-hybridized carbons (Fsp3) is 0.421. The third-order valence-corrected chi connectivity index (χ3v) is 5.73. The summed E-state index contributed by atoms with van der Waals surface area (Å²) in [6.07, 6.45) is 0. The van der Waals surface area contributed by atoms with E-state index in [1.165, 1.54) is 4.88 Å². The van der Waals surface area contributed by atoms with Crippen molar-refractivity contribution >= 4 is 28.8 Å². The molecule has 134 valence electrons. The average molecular weight is 378 g/mol. The summed E-state index contributed by atoms with van der Waals surface area (Å²) in [6, 6.07) is 14.2. The minimum Gasteiger partial charge on any atom is -0.348 e. The Labute approximate surface area is 158 Å². The highest BCUT2D eigenvalue weighted by molar-refractivity contribution is 7.16. The largest absolute Gasteiger partial charge is 0.348 e. The summed E-state index contributed by atoms with van der Waals surface area (Å²) in [5.41, 5.74) is 1.13. The number of hydrogen-bond acceptors (Lipinski definition) is 4. The van der Waals surface area contributed by atoms with Crippen molar-refractivity contribution in [3.05, 3.63) is 57.2 Å². The zero-order valence-corrected chi connectivity index (χ0v) is 16.0. The first-order valence-corrected chi connectivity index (χ1v) is 9.83. The van der Waals surface area contributed by atoms with Gasteiger partial charge in [-0.1, -0.05) is 41.9 Å². The van der Waals surface area contributed by atoms with Crippen molar-refractivity contribution < 1.29 is 4.79 Å². The van der Waals surface area contributed by atoms with Crippen molar-refractivity contribution in [3.8, 4) is 0 Å². The van der Waals surface area contributed by atoms with Crippen LogP contribution in [0, 0.1) is 0 Å². The fourth-order valence-corrected chi connectivity index (χ4v) is 4.21. The molecular formula is C19H24ClN3OS. The number of hydrogen-bond donors (Lipinski definition) is 1. The Morgan fingerprint density at radius 1 is 1.12 bits per heavy atom. The maximum Gasteiger partial charge on any atom is 0.234 e. The third-order valence-electron chi connectivity index (χ3n) is 4.52. The summed E-state index contributed by atoms with van der Waals surface area (Å²) in [7, 11) is 0. The lowest BCUT2D eigenvalue weighted by molar-refractivity contribution is -0.123. The number of carbonyl (C=O) groups is 1. The van der Waals surface area contributed by atoms with Crippen LogP contribution >= 0.6 is 22.9 Å². The van der Waals surface area contributed by atoms with E-state index in [9.17, 15) is 4.79 Å². The number of benzene rings is 1. The van der Waals surface area contributed by atoms with Crippen LogP contribution in [0.15, 0.2) is 42.5 Å². The summed E-state index contributed by atoms with van der Waals surface area (Å²) < 4.78 is 0.845. The second-order valence-corrected chi connectivity index (χ2v) is 8.26. The number of piperazine rings is 1. The molecule has 1 fully saturated rings. The van der Waals surface area contributed by atoms with E-state index in [1.807, 2.05) is 43.3 Å². The normalized spacial score (nSPS) is 17.4. The van der Waals surface area contributed by atoms with Crippen molar-refractivity contribution in [2.75, 3.05) is 32.7 Å². The highest BCUT2D eigenvalue weighted by Crippen LogP contribution is 2.23. The first kappa shape index (κ1) is 18.4. The van der Waals surface area contributed by atoms with E-state index in [2.05, 4.69) is 21.2 Å². The Balaban J connectivity index is 1.40. The van der Waals surface area contributed by atoms with Gasteiger partial charge in [0.25, 0.3) is 0 Å². The quantitative estimate of drug-likeness (QED) is 0.838. The van der Waals surface area contributed by atoms with Gasteiger partial charge in [0.1, 0.15) is 0 Å². The Kier molecular flexibility index (Phi) is 6.48. The van der Waals surface area contributed by atoms with Crippen LogP contribution in [0.5, 0.6) is 0 Å². The molecule has 1 N–H and O–H groups in total.